The van der Waals surface area contributed by atoms with Gasteiger partial charge in [0.1, 0.15) is 11.9 Å². The van der Waals surface area contributed by atoms with E-state index >= 15 is 0 Å². The topological polar surface area (TPSA) is 90.9 Å². The maximum Gasteiger partial charge on any atom is 0.239 e. The van der Waals surface area contributed by atoms with Gasteiger partial charge < -0.3 is 4.90 Å². The van der Waals surface area contributed by atoms with Gasteiger partial charge in [0.15, 0.2) is 0 Å². The van der Waals surface area contributed by atoms with Crippen LogP contribution in [0.25, 0.3) is 0 Å². The number of benzene rings is 1. The van der Waals surface area contributed by atoms with Gasteiger partial charge in [0.05, 0.1) is 11.3 Å². The average Bonchev–Trinajstić information content (AvgIpc) is 2.45. The van der Waals surface area contributed by atoms with Crippen molar-refractivity contribution in [2.75, 3.05) is 17.4 Å². The molecule has 0 atom stereocenters. The SMILES string of the molecule is Cc1cc(N(C)c2ccccc2C#N)nc(NN)n1. The summed E-state index contributed by atoms with van der Waals surface area (Å²) in [4.78, 5) is 10.2. The van der Waals surface area contributed by atoms with Crippen LogP contribution in [-0.2, 0) is 0 Å². The fourth-order valence-electron chi connectivity index (χ4n) is 1.77. The van der Waals surface area contributed by atoms with Gasteiger partial charge >= 0.3 is 0 Å². The highest BCUT2D eigenvalue weighted by Crippen LogP contribution is 2.25. The van der Waals surface area contributed by atoms with Gasteiger partial charge in [-0.2, -0.15) is 10.2 Å². The summed E-state index contributed by atoms with van der Waals surface area (Å²) < 4.78 is 0. The molecule has 19 heavy (non-hydrogen) atoms. The number of hydrogen-bond donors (Lipinski definition) is 2. The van der Waals surface area contributed by atoms with Gasteiger partial charge in [-0.25, -0.2) is 10.8 Å². The Balaban J connectivity index is 2.47. The van der Waals surface area contributed by atoms with Gasteiger partial charge in [-0.1, -0.05) is 12.1 Å². The van der Waals surface area contributed by atoms with Crippen LogP contribution in [-0.4, -0.2) is 17.0 Å². The minimum atomic E-state index is 0.344. The summed E-state index contributed by atoms with van der Waals surface area (Å²) >= 11 is 0. The van der Waals surface area contributed by atoms with E-state index in [-0.39, 0.29) is 0 Å². The molecule has 0 spiro atoms. The fraction of sp³-hybridized carbons (Fsp3) is 0.154. The van der Waals surface area contributed by atoms with E-state index in [0.29, 0.717) is 17.3 Å². The van der Waals surface area contributed by atoms with Crippen molar-refractivity contribution in [1.29, 1.82) is 5.26 Å². The Morgan fingerprint density at radius 1 is 1.32 bits per heavy atom. The quantitative estimate of drug-likeness (QED) is 0.640. The first kappa shape index (κ1) is 12.8. The lowest BCUT2D eigenvalue weighted by Gasteiger charge is -2.20. The van der Waals surface area contributed by atoms with E-state index in [1.54, 1.807) is 6.07 Å². The molecule has 0 aliphatic rings. The van der Waals surface area contributed by atoms with Crippen LogP contribution >= 0.6 is 0 Å². The van der Waals surface area contributed by atoms with Gasteiger partial charge in [0.2, 0.25) is 5.95 Å². The molecule has 3 N–H and O–H groups in total. The Morgan fingerprint density at radius 2 is 2.05 bits per heavy atom. The third-order valence-corrected chi connectivity index (χ3v) is 2.70. The van der Waals surface area contributed by atoms with Crippen LogP contribution in [0, 0.1) is 18.3 Å². The molecule has 0 bridgehead atoms. The number of nitriles is 1. The van der Waals surface area contributed by atoms with Gasteiger partial charge in [-0.3, -0.25) is 5.43 Å². The summed E-state index contributed by atoms with van der Waals surface area (Å²) in [5.41, 5.74) is 4.59. The molecule has 0 radical (unpaired) electrons. The van der Waals surface area contributed by atoms with Crippen LogP contribution in [0.15, 0.2) is 30.3 Å². The van der Waals surface area contributed by atoms with Crippen molar-refractivity contribution < 1.29 is 0 Å². The Hall–Kier alpha value is -2.65. The maximum absolute atomic E-state index is 9.13. The minimum absolute atomic E-state index is 0.344. The van der Waals surface area contributed by atoms with Gasteiger partial charge in [-0.15, -0.1) is 0 Å². The van der Waals surface area contributed by atoms with E-state index in [1.807, 2.05) is 43.1 Å². The average molecular weight is 254 g/mol. The predicted octanol–water partition coefficient (Wildman–Crippen LogP) is 1.71. The van der Waals surface area contributed by atoms with Crippen LogP contribution in [0.5, 0.6) is 0 Å². The predicted molar refractivity (Wildman–Crippen MR) is 73.8 cm³/mol. The molecule has 0 aliphatic heterocycles. The Kier molecular flexibility index (Phi) is 3.59. The highest BCUT2D eigenvalue weighted by molar-refractivity contribution is 5.67. The third kappa shape index (κ3) is 2.61. The molecule has 6 heteroatoms. The smallest absolute Gasteiger partial charge is 0.239 e. The zero-order valence-corrected chi connectivity index (χ0v) is 10.8. The van der Waals surface area contributed by atoms with Crippen LogP contribution < -0.4 is 16.2 Å². The first-order chi connectivity index (χ1) is 9.15. The third-order valence-electron chi connectivity index (χ3n) is 2.70. The largest absolute Gasteiger partial charge is 0.328 e. The second-order valence-electron chi connectivity index (χ2n) is 4.02. The molecule has 0 unspecified atom stereocenters. The molecule has 6 nitrogen and oxygen atoms in total. The highest BCUT2D eigenvalue weighted by atomic mass is 15.3. The van der Waals surface area contributed by atoms with Gasteiger partial charge in [-0.05, 0) is 19.1 Å². The number of aromatic nitrogens is 2. The van der Waals surface area contributed by atoms with Crippen LogP contribution in [0.1, 0.15) is 11.3 Å². The summed E-state index contributed by atoms with van der Waals surface area (Å²) in [7, 11) is 1.85. The van der Waals surface area contributed by atoms with E-state index in [4.69, 9.17) is 11.1 Å². The molecule has 0 saturated heterocycles. The van der Waals surface area contributed by atoms with Crippen molar-refractivity contribution in [2.45, 2.75) is 6.92 Å². The number of nitrogen functional groups attached to an aromatic ring is 1. The van der Waals surface area contributed by atoms with Crippen LogP contribution in [0.4, 0.5) is 17.5 Å². The lowest BCUT2D eigenvalue weighted by molar-refractivity contribution is 1.03. The lowest BCUT2D eigenvalue weighted by Crippen LogP contribution is -2.16. The summed E-state index contributed by atoms with van der Waals surface area (Å²) in [6, 6.07) is 11.3. The molecule has 1 aromatic heterocycles. The zero-order chi connectivity index (χ0) is 13.8. The zero-order valence-electron chi connectivity index (χ0n) is 10.8. The number of aryl methyl sites for hydroxylation is 1. The number of anilines is 3. The number of nitrogens with zero attached hydrogens (tertiary/aromatic N) is 4. The minimum Gasteiger partial charge on any atom is -0.328 e. The summed E-state index contributed by atoms with van der Waals surface area (Å²) in [5.74, 6) is 6.35. The Bertz CT molecular complexity index is 631. The van der Waals surface area contributed by atoms with Crippen molar-refractivity contribution in [3.63, 3.8) is 0 Å². The van der Waals surface area contributed by atoms with Crippen molar-refractivity contribution in [1.82, 2.24) is 9.97 Å². The maximum atomic E-state index is 9.13. The van der Waals surface area contributed by atoms with Crippen molar-refractivity contribution in [3.05, 3.63) is 41.6 Å². The lowest BCUT2D eigenvalue weighted by atomic mass is 10.2. The van der Waals surface area contributed by atoms with Gasteiger partial charge in [0, 0.05) is 18.8 Å². The first-order valence-electron chi connectivity index (χ1n) is 5.71. The molecule has 2 aromatic rings. The number of nitrogens with one attached hydrogen (secondary N) is 1. The van der Waals surface area contributed by atoms with Crippen molar-refractivity contribution >= 4 is 17.5 Å². The summed E-state index contributed by atoms with van der Waals surface area (Å²) in [6.07, 6.45) is 0. The van der Waals surface area contributed by atoms with E-state index in [2.05, 4.69) is 21.5 Å². The molecule has 0 saturated carbocycles. The monoisotopic (exact) mass is 254 g/mol. The second-order valence-corrected chi connectivity index (χ2v) is 4.02. The number of hydrogen-bond acceptors (Lipinski definition) is 6. The standard InChI is InChI=1S/C13H14N6/c1-9-7-12(17-13(16-9)18-15)19(2)11-6-4-3-5-10(11)8-14/h3-7H,15H2,1-2H3,(H,16,17,18). The number of nitrogens with two attached hydrogens (primary N) is 1. The van der Waals surface area contributed by atoms with Gasteiger partial charge in [0.25, 0.3) is 0 Å². The Labute approximate surface area is 111 Å². The molecule has 0 aliphatic carbocycles. The normalized spacial score (nSPS) is 9.79. The molecular formula is C13H14N6. The molecule has 0 fully saturated rings. The number of hydrazine groups is 1. The molecule has 1 heterocycles. The summed E-state index contributed by atoms with van der Waals surface area (Å²) in [5, 5.41) is 9.13. The van der Waals surface area contributed by atoms with E-state index < -0.39 is 0 Å². The molecule has 2 rings (SSSR count). The number of rotatable bonds is 3. The summed E-state index contributed by atoms with van der Waals surface area (Å²) in [6.45, 7) is 1.86. The van der Waals surface area contributed by atoms with Crippen LogP contribution in [0.2, 0.25) is 0 Å². The van der Waals surface area contributed by atoms with Crippen molar-refractivity contribution in [2.24, 2.45) is 5.84 Å². The first-order valence-corrected chi connectivity index (χ1v) is 5.71. The second kappa shape index (κ2) is 5.33. The highest BCUT2D eigenvalue weighted by Gasteiger charge is 2.11. The van der Waals surface area contributed by atoms with Crippen molar-refractivity contribution in [3.8, 4) is 6.07 Å². The number of para-hydroxylation sites is 1. The van der Waals surface area contributed by atoms with Crippen LogP contribution in [0.3, 0.4) is 0 Å². The van der Waals surface area contributed by atoms with E-state index in [1.165, 1.54) is 0 Å². The molecule has 1 aromatic carbocycles. The molecule has 96 valence electrons. The Morgan fingerprint density at radius 3 is 2.74 bits per heavy atom. The molecular weight excluding hydrogens is 240 g/mol. The fourth-order valence-corrected chi connectivity index (χ4v) is 1.77. The van der Waals surface area contributed by atoms with E-state index in [9.17, 15) is 0 Å². The molecule has 0 amide bonds. The van der Waals surface area contributed by atoms with E-state index in [0.717, 1.165) is 11.4 Å².